The molecular weight excluding hydrogens is 295 g/mol. The number of amides is 1. The number of carbonyl (C=O) groups excluding carboxylic acids is 1. The molecule has 0 aromatic heterocycles. The molecule has 23 heavy (non-hydrogen) atoms. The van der Waals surface area contributed by atoms with Crippen LogP contribution in [0.2, 0.25) is 0 Å². The predicted octanol–water partition coefficient (Wildman–Crippen LogP) is 2.97. The second-order valence-corrected chi connectivity index (χ2v) is 6.09. The van der Waals surface area contributed by atoms with Gasteiger partial charge in [0.15, 0.2) is 6.10 Å². The summed E-state index contributed by atoms with van der Waals surface area (Å²) in [4.78, 5) is 14.8. The highest BCUT2D eigenvalue weighted by Gasteiger charge is 2.24. The first kappa shape index (κ1) is 17.7. The molecular formula is C18H27FN2O2. The van der Waals surface area contributed by atoms with E-state index in [4.69, 9.17) is 4.74 Å². The molecule has 1 amide bonds. The number of nitrogens with zero attached hydrogens (tertiary/aromatic N) is 1. The maximum absolute atomic E-state index is 12.9. The molecule has 0 radical (unpaired) electrons. The van der Waals surface area contributed by atoms with Crippen LogP contribution in [0, 0.1) is 5.82 Å². The first-order valence-electron chi connectivity index (χ1n) is 8.57. The molecule has 1 aromatic carbocycles. The zero-order chi connectivity index (χ0) is 16.7. The third-order valence-electron chi connectivity index (χ3n) is 4.23. The summed E-state index contributed by atoms with van der Waals surface area (Å²) in [6.07, 6.45) is 3.18. The third-order valence-corrected chi connectivity index (χ3v) is 4.23. The Bertz CT molecular complexity index is 484. The van der Waals surface area contributed by atoms with Crippen LogP contribution in [0.3, 0.4) is 0 Å². The van der Waals surface area contributed by atoms with Crippen LogP contribution in [-0.4, -0.2) is 42.6 Å². The van der Waals surface area contributed by atoms with Gasteiger partial charge in [0, 0.05) is 19.1 Å². The second-order valence-electron chi connectivity index (χ2n) is 6.09. The van der Waals surface area contributed by atoms with Crippen molar-refractivity contribution in [1.82, 2.24) is 10.2 Å². The first-order valence-corrected chi connectivity index (χ1v) is 8.57. The average molecular weight is 322 g/mol. The summed E-state index contributed by atoms with van der Waals surface area (Å²) in [5.41, 5.74) is 0. The molecule has 5 heteroatoms. The van der Waals surface area contributed by atoms with E-state index < -0.39 is 6.10 Å². The number of ether oxygens (including phenoxy) is 1. The summed E-state index contributed by atoms with van der Waals surface area (Å²) in [5, 5.41) is 3.10. The van der Waals surface area contributed by atoms with Crippen molar-refractivity contribution in [3.63, 3.8) is 0 Å². The Balaban J connectivity index is 1.82. The minimum absolute atomic E-state index is 0.0780. The number of benzene rings is 1. The van der Waals surface area contributed by atoms with Crippen LogP contribution < -0.4 is 10.1 Å². The number of piperidine rings is 1. The first-order chi connectivity index (χ1) is 11.1. The quantitative estimate of drug-likeness (QED) is 0.839. The van der Waals surface area contributed by atoms with Crippen molar-refractivity contribution in [2.75, 3.05) is 19.6 Å². The highest BCUT2D eigenvalue weighted by molar-refractivity contribution is 5.81. The molecule has 2 rings (SSSR count). The number of halogens is 1. The molecule has 1 unspecified atom stereocenters. The van der Waals surface area contributed by atoms with Crippen molar-refractivity contribution >= 4 is 5.91 Å². The monoisotopic (exact) mass is 322 g/mol. The summed E-state index contributed by atoms with van der Waals surface area (Å²) in [6.45, 7) is 7.30. The topological polar surface area (TPSA) is 41.6 Å². The van der Waals surface area contributed by atoms with Crippen LogP contribution in [0.15, 0.2) is 24.3 Å². The van der Waals surface area contributed by atoms with E-state index in [1.165, 1.54) is 18.6 Å². The van der Waals surface area contributed by atoms with Gasteiger partial charge >= 0.3 is 0 Å². The molecule has 128 valence electrons. The Kier molecular flexibility index (Phi) is 6.84. The maximum Gasteiger partial charge on any atom is 0.261 e. The molecule has 1 fully saturated rings. The minimum Gasteiger partial charge on any atom is -0.481 e. The second kappa shape index (κ2) is 8.87. The van der Waals surface area contributed by atoms with Crippen LogP contribution in [0.5, 0.6) is 5.75 Å². The van der Waals surface area contributed by atoms with Crippen LogP contribution in [0.25, 0.3) is 0 Å². The van der Waals surface area contributed by atoms with Gasteiger partial charge in [0.05, 0.1) is 0 Å². The van der Waals surface area contributed by atoms with Gasteiger partial charge < -0.3 is 15.0 Å². The zero-order valence-corrected chi connectivity index (χ0v) is 14.1. The van der Waals surface area contributed by atoms with Crippen molar-refractivity contribution in [1.29, 1.82) is 0 Å². The highest BCUT2D eigenvalue weighted by atomic mass is 19.1. The molecule has 0 aliphatic carbocycles. The van der Waals surface area contributed by atoms with E-state index in [-0.39, 0.29) is 17.8 Å². The van der Waals surface area contributed by atoms with Crippen LogP contribution >= 0.6 is 0 Å². The summed E-state index contributed by atoms with van der Waals surface area (Å²) < 4.78 is 18.6. The number of hydrogen-bond donors (Lipinski definition) is 1. The largest absolute Gasteiger partial charge is 0.481 e. The van der Waals surface area contributed by atoms with Crippen molar-refractivity contribution in [2.45, 2.75) is 51.7 Å². The Morgan fingerprint density at radius 3 is 2.52 bits per heavy atom. The zero-order valence-electron chi connectivity index (χ0n) is 14.1. The van der Waals surface area contributed by atoms with Crippen LogP contribution in [-0.2, 0) is 4.79 Å². The summed E-state index contributed by atoms with van der Waals surface area (Å²) in [7, 11) is 0. The molecule has 1 heterocycles. The summed E-state index contributed by atoms with van der Waals surface area (Å²) in [5.74, 6) is 0.130. The lowest BCUT2D eigenvalue weighted by atomic mass is 10.0. The van der Waals surface area contributed by atoms with E-state index in [2.05, 4.69) is 17.1 Å². The Morgan fingerprint density at radius 1 is 1.30 bits per heavy atom. The Hall–Kier alpha value is -1.62. The molecule has 0 bridgehead atoms. The fourth-order valence-corrected chi connectivity index (χ4v) is 2.91. The van der Waals surface area contributed by atoms with Crippen molar-refractivity contribution in [3.05, 3.63) is 30.1 Å². The Morgan fingerprint density at radius 2 is 1.96 bits per heavy atom. The average Bonchev–Trinajstić information content (AvgIpc) is 2.56. The van der Waals surface area contributed by atoms with E-state index in [0.717, 1.165) is 32.5 Å². The lowest BCUT2D eigenvalue weighted by Gasteiger charge is -2.32. The normalized spacial score (nSPS) is 17.7. The van der Waals surface area contributed by atoms with Gasteiger partial charge in [-0.1, -0.05) is 13.8 Å². The number of carbonyl (C=O) groups is 1. The van der Waals surface area contributed by atoms with E-state index in [1.54, 1.807) is 12.1 Å². The number of rotatable bonds is 7. The number of likely N-dealkylation sites (tertiary alicyclic amines) is 1. The molecule has 1 N–H and O–H groups in total. The number of nitrogens with one attached hydrogen (secondary N) is 1. The third kappa shape index (κ3) is 5.50. The fourth-order valence-electron chi connectivity index (χ4n) is 2.91. The molecule has 1 saturated heterocycles. The number of hydrogen-bond acceptors (Lipinski definition) is 3. The van der Waals surface area contributed by atoms with Gasteiger partial charge in [-0.05, 0) is 56.5 Å². The van der Waals surface area contributed by atoms with E-state index >= 15 is 0 Å². The minimum atomic E-state index is -0.533. The van der Waals surface area contributed by atoms with Gasteiger partial charge in [0.1, 0.15) is 11.6 Å². The standard InChI is InChI=1S/C18H27FN2O2/c1-3-11-21-12-9-15(10-13-21)20-18(22)17(4-2)23-16-7-5-14(19)6-8-16/h5-8,15,17H,3-4,9-13H2,1-2H3,(H,20,22). The molecule has 4 nitrogen and oxygen atoms in total. The van der Waals surface area contributed by atoms with Gasteiger partial charge in [0.2, 0.25) is 0 Å². The van der Waals surface area contributed by atoms with Crippen molar-refractivity contribution < 1.29 is 13.9 Å². The predicted molar refractivity (Wildman–Crippen MR) is 89.0 cm³/mol. The molecule has 0 saturated carbocycles. The van der Waals surface area contributed by atoms with E-state index in [0.29, 0.717) is 12.2 Å². The molecule has 0 spiro atoms. The van der Waals surface area contributed by atoms with E-state index in [1.807, 2.05) is 6.92 Å². The molecule has 1 aliphatic rings. The van der Waals surface area contributed by atoms with Gasteiger partial charge in [-0.25, -0.2) is 4.39 Å². The lowest BCUT2D eigenvalue weighted by molar-refractivity contribution is -0.129. The SMILES string of the molecule is CCCN1CCC(NC(=O)C(CC)Oc2ccc(F)cc2)CC1. The van der Waals surface area contributed by atoms with Gasteiger partial charge in [0.25, 0.3) is 5.91 Å². The highest BCUT2D eigenvalue weighted by Crippen LogP contribution is 2.16. The van der Waals surface area contributed by atoms with Crippen LogP contribution in [0.4, 0.5) is 4.39 Å². The smallest absolute Gasteiger partial charge is 0.261 e. The Labute approximate surface area is 138 Å². The van der Waals surface area contributed by atoms with Gasteiger partial charge in [-0.15, -0.1) is 0 Å². The summed E-state index contributed by atoms with van der Waals surface area (Å²) >= 11 is 0. The molecule has 1 aromatic rings. The van der Waals surface area contributed by atoms with Gasteiger partial charge in [-0.3, -0.25) is 4.79 Å². The summed E-state index contributed by atoms with van der Waals surface area (Å²) in [6, 6.07) is 6.00. The maximum atomic E-state index is 12.9. The van der Waals surface area contributed by atoms with Crippen molar-refractivity contribution in [3.8, 4) is 5.75 Å². The molecule has 1 atom stereocenters. The van der Waals surface area contributed by atoms with E-state index in [9.17, 15) is 9.18 Å². The lowest BCUT2D eigenvalue weighted by Crippen LogP contribution is -2.48. The van der Waals surface area contributed by atoms with Gasteiger partial charge in [-0.2, -0.15) is 0 Å². The van der Waals surface area contributed by atoms with Crippen molar-refractivity contribution in [2.24, 2.45) is 0 Å². The molecule has 1 aliphatic heterocycles. The van der Waals surface area contributed by atoms with Crippen LogP contribution in [0.1, 0.15) is 39.5 Å². The fraction of sp³-hybridized carbons (Fsp3) is 0.611.